The Bertz CT molecular complexity index is 860. The van der Waals surface area contributed by atoms with Crippen LogP contribution in [0.25, 0.3) is 10.9 Å². The molecule has 3 N–H and O–H groups in total. The van der Waals surface area contributed by atoms with E-state index in [2.05, 4.69) is 15.3 Å². The Morgan fingerprint density at radius 2 is 1.78 bits per heavy atom. The summed E-state index contributed by atoms with van der Waals surface area (Å²) in [6.07, 6.45) is 0. The number of primary amides is 1. The molecule has 1 aromatic heterocycles. The molecule has 0 bridgehead atoms. The normalized spacial score (nSPS) is 10.5. The van der Waals surface area contributed by atoms with Crippen molar-refractivity contribution in [1.29, 1.82) is 0 Å². The zero-order chi connectivity index (χ0) is 16.4. The number of nitrogens with one attached hydrogen (secondary N) is 1. The van der Waals surface area contributed by atoms with Gasteiger partial charge in [0.1, 0.15) is 11.6 Å². The van der Waals surface area contributed by atoms with Crippen molar-refractivity contribution in [2.75, 3.05) is 17.3 Å². The molecule has 0 atom stereocenters. The molecule has 0 radical (unpaired) electrons. The molecule has 3 rings (SSSR count). The summed E-state index contributed by atoms with van der Waals surface area (Å²) in [6.45, 7) is 1.88. The summed E-state index contributed by atoms with van der Waals surface area (Å²) in [5, 5.41) is 3.53. The van der Waals surface area contributed by atoms with Crippen LogP contribution in [0, 0.1) is 6.92 Å². The van der Waals surface area contributed by atoms with Gasteiger partial charge in [-0.05, 0) is 43.3 Å². The lowest BCUT2D eigenvalue weighted by atomic mass is 10.2. The van der Waals surface area contributed by atoms with Crippen LogP contribution in [0.4, 0.5) is 22.0 Å². The number of anilines is 3. The number of urea groups is 1. The number of para-hydroxylation sites is 1. The number of benzene rings is 2. The fourth-order valence-electron chi connectivity index (χ4n) is 2.46. The maximum absolute atomic E-state index is 10.9. The van der Waals surface area contributed by atoms with Crippen molar-refractivity contribution >= 4 is 34.1 Å². The van der Waals surface area contributed by atoms with E-state index in [1.165, 1.54) is 0 Å². The maximum atomic E-state index is 10.9. The highest BCUT2D eigenvalue weighted by Crippen LogP contribution is 2.29. The lowest BCUT2D eigenvalue weighted by Gasteiger charge is -2.20. The van der Waals surface area contributed by atoms with Crippen molar-refractivity contribution in [1.82, 2.24) is 9.97 Å². The molecule has 0 aliphatic heterocycles. The molecule has 2 amide bonds. The average Bonchev–Trinajstić information content (AvgIpc) is 2.53. The lowest BCUT2D eigenvalue weighted by Crippen LogP contribution is -2.19. The van der Waals surface area contributed by atoms with Crippen LogP contribution in [0.15, 0.2) is 48.5 Å². The number of aromatic nitrogens is 2. The largest absolute Gasteiger partial charge is 0.351 e. The zero-order valence-corrected chi connectivity index (χ0v) is 12.9. The Kier molecular flexibility index (Phi) is 3.80. The summed E-state index contributed by atoms with van der Waals surface area (Å²) < 4.78 is 0. The quantitative estimate of drug-likeness (QED) is 0.778. The highest BCUT2D eigenvalue weighted by molar-refractivity contribution is 5.92. The third kappa shape index (κ3) is 3.06. The number of carbonyl (C=O) groups is 1. The first kappa shape index (κ1) is 14.8. The third-order valence-electron chi connectivity index (χ3n) is 3.53. The van der Waals surface area contributed by atoms with Gasteiger partial charge >= 0.3 is 6.03 Å². The van der Waals surface area contributed by atoms with Crippen molar-refractivity contribution in [2.24, 2.45) is 5.73 Å². The van der Waals surface area contributed by atoms with Crippen molar-refractivity contribution in [3.05, 3.63) is 54.4 Å². The molecule has 116 valence electrons. The van der Waals surface area contributed by atoms with E-state index < -0.39 is 6.03 Å². The van der Waals surface area contributed by atoms with E-state index >= 15 is 0 Å². The maximum Gasteiger partial charge on any atom is 0.316 e. The number of aryl methyl sites for hydroxylation is 1. The van der Waals surface area contributed by atoms with Gasteiger partial charge in [0.15, 0.2) is 0 Å². The van der Waals surface area contributed by atoms with E-state index in [9.17, 15) is 4.79 Å². The molecule has 0 saturated carbocycles. The second-order valence-corrected chi connectivity index (χ2v) is 5.21. The first-order valence-electron chi connectivity index (χ1n) is 7.18. The molecule has 6 nitrogen and oxygen atoms in total. The SMILES string of the molecule is Cc1nc(N(C)c2ccc(NC(N)=O)cc2)c2ccccc2n1. The molecule has 3 aromatic rings. The van der Waals surface area contributed by atoms with Gasteiger partial charge in [-0.15, -0.1) is 0 Å². The number of hydrogen-bond donors (Lipinski definition) is 2. The van der Waals surface area contributed by atoms with Crippen LogP contribution in [0.1, 0.15) is 5.82 Å². The standard InChI is InChI=1S/C17H17N5O/c1-11-19-15-6-4-3-5-14(15)16(20-11)22(2)13-9-7-12(8-10-13)21-17(18)23/h3-10H,1-2H3,(H3,18,21,23). The summed E-state index contributed by atoms with van der Waals surface area (Å²) in [6, 6.07) is 14.7. The molecule has 0 aliphatic rings. The average molecular weight is 307 g/mol. The summed E-state index contributed by atoms with van der Waals surface area (Å²) in [7, 11) is 1.95. The van der Waals surface area contributed by atoms with Gasteiger partial charge in [0.05, 0.1) is 5.52 Å². The van der Waals surface area contributed by atoms with Gasteiger partial charge in [-0.2, -0.15) is 0 Å². The molecule has 0 unspecified atom stereocenters. The van der Waals surface area contributed by atoms with Crippen LogP contribution in [-0.4, -0.2) is 23.0 Å². The van der Waals surface area contributed by atoms with Gasteiger partial charge < -0.3 is 16.0 Å². The smallest absolute Gasteiger partial charge is 0.316 e. The van der Waals surface area contributed by atoms with E-state index in [4.69, 9.17) is 5.73 Å². The second kappa shape index (κ2) is 5.92. The topological polar surface area (TPSA) is 84.1 Å². The van der Waals surface area contributed by atoms with Crippen LogP contribution < -0.4 is 16.0 Å². The molecule has 0 saturated heterocycles. The number of carbonyl (C=O) groups excluding carboxylic acids is 1. The summed E-state index contributed by atoms with van der Waals surface area (Å²) in [5.74, 6) is 1.56. The summed E-state index contributed by atoms with van der Waals surface area (Å²) >= 11 is 0. The Hall–Kier alpha value is -3.15. The minimum atomic E-state index is -0.580. The lowest BCUT2D eigenvalue weighted by molar-refractivity contribution is 0.259. The highest BCUT2D eigenvalue weighted by Gasteiger charge is 2.11. The monoisotopic (exact) mass is 307 g/mol. The molecule has 6 heteroatoms. The summed E-state index contributed by atoms with van der Waals surface area (Å²) in [4.78, 5) is 21.9. The fraction of sp³-hybridized carbons (Fsp3) is 0.118. The first-order chi connectivity index (χ1) is 11.0. The minimum absolute atomic E-state index is 0.580. The van der Waals surface area contributed by atoms with Crippen LogP contribution in [0.2, 0.25) is 0 Å². The molecule has 1 heterocycles. The second-order valence-electron chi connectivity index (χ2n) is 5.21. The molecular formula is C17H17N5O. The van der Waals surface area contributed by atoms with E-state index in [-0.39, 0.29) is 0 Å². The third-order valence-corrected chi connectivity index (χ3v) is 3.53. The van der Waals surface area contributed by atoms with Gasteiger partial charge in [-0.1, -0.05) is 12.1 Å². The molecular weight excluding hydrogens is 290 g/mol. The number of nitrogens with two attached hydrogens (primary N) is 1. The molecule has 2 aromatic carbocycles. The Morgan fingerprint density at radius 3 is 2.48 bits per heavy atom. The molecule has 23 heavy (non-hydrogen) atoms. The van der Waals surface area contributed by atoms with Crippen molar-refractivity contribution in [3.63, 3.8) is 0 Å². The van der Waals surface area contributed by atoms with Gasteiger partial charge in [-0.3, -0.25) is 0 Å². The predicted octanol–water partition coefficient (Wildman–Crippen LogP) is 3.20. The Morgan fingerprint density at radius 1 is 1.09 bits per heavy atom. The number of amides is 2. The summed E-state index contributed by atoms with van der Waals surface area (Å²) in [5.41, 5.74) is 7.62. The van der Waals surface area contributed by atoms with Crippen LogP contribution in [0.3, 0.4) is 0 Å². The van der Waals surface area contributed by atoms with Crippen LogP contribution in [0.5, 0.6) is 0 Å². The van der Waals surface area contributed by atoms with Gasteiger partial charge in [0, 0.05) is 23.8 Å². The molecule has 0 spiro atoms. The van der Waals surface area contributed by atoms with E-state index in [0.717, 1.165) is 28.2 Å². The van der Waals surface area contributed by atoms with E-state index in [1.807, 2.05) is 55.3 Å². The van der Waals surface area contributed by atoms with Gasteiger partial charge in [-0.25, -0.2) is 14.8 Å². The molecule has 0 aliphatic carbocycles. The van der Waals surface area contributed by atoms with E-state index in [1.54, 1.807) is 12.1 Å². The first-order valence-corrected chi connectivity index (χ1v) is 7.18. The van der Waals surface area contributed by atoms with Crippen molar-refractivity contribution in [2.45, 2.75) is 6.92 Å². The zero-order valence-electron chi connectivity index (χ0n) is 12.9. The molecule has 0 fully saturated rings. The van der Waals surface area contributed by atoms with Gasteiger partial charge in [0.25, 0.3) is 0 Å². The van der Waals surface area contributed by atoms with Crippen LogP contribution in [-0.2, 0) is 0 Å². The number of hydrogen-bond acceptors (Lipinski definition) is 4. The highest BCUT2D eigenvalue weighted by atomic mass is 16.2. The number of nitrogens with zero attached hydrogens (tertiary/aromatic N) is 3. The predicted molar refractivity (Wildman–Crippen MR) is 92.0 cm³/mol. The van der Waals surface area contributed by atoms with E-state index in [0.29, 0.717) is 5.69 Å². The van der Waals surface area contributed by atoms with Crippen LogP contribution >= 0.6 is 0 Å². The van der Waals surface area contributed by atoms with Crippen molar-refractivity contribution in [3.8, 4) is 0 Å². The van der Waals surface area contributed by atoms with Crippen molar-refractivity contribution < 1.29 is 4.79 Å². The van der Waals surface area contributed by atoms with Gasteiger partial charge in [0.2, 0.25) is 0 Å². The Labute approximate surface area is 134 Å². The minimum Gasteiger partial charge on any atom is -0.351 e. The number of rotatable bonds is 3. The Balaban J connectivity index is 2.00. The fourth-order valence-corrected chi connectivity index (χ4v) is 2.46. The number of fused-ring (bicyclic) bond motifs is 1.